The molecule has 9 heteroatoms. The van der Waals surface area contributed by atoms with Gasteiger partial charge in [-0.05, 0) is 50.6 Å². The third kappa shape index (κ3) is 4.94. The lowest BCUT2D eigenvalue weighted by molar-refractivity contribution is 0.0375. The average Bonchev–Trinajstić information content (AvgIpc) is 3.25. The lowest BCUT2D eigenvalue weighted by Crippen LogP contribution is -2.52. The standard InChI is InChI=1S/C26H28ClFN6O/c1-16(2)33-13-18(14-33)15-35-20-8-6-19(7-9-20)17(3)31-26-30-11-22(28)24(32-26)23-12-29-25-21(27)5-4-10-34(23)25/h4-12,16-18H,13-15H2,1-3H3,(H,30,31,32)/t17-/m0/s1. The van der Waals surface area contributed by atoms with Crippen molar-refractivity contribution in [1.82, 2.24) is 24.3 Å². The number of imidazole rings is 1. The van der Waals surface area contributed by atoms with E-state index in [-0.39, 0.29) is 11.7 Å². The summed E-state index contributed by atoms with van der Waals surface area (Å²) >= 11 is 6.21. The van der Waals surface area contributed by atoms with Gasteiger partial charge < -0.3 is 15.0 Å². The Labute approximate surface area is 208 Å². The Morgan fingerprint density at radius 3 is 2.63 bits per heavy atom. The van der Waals surface area contributed by atoms with Gasteiger partial charge in [0, 0.05) is 31.2 Å². The third-order valence-electron chi connectivity index (χ3n) is 6.40. The number of nitrogens with one attached hydrogen (secondary N) is 1. The molecular weight excluding hydrogens is 467 g/mol. The predicted octanol–water partition coefficient (Wildman–Crippen LogP) is 5.48. The number of anilines is 1. The summed E-state index contributed by atoms with van der Waals surface area (Å²) in [4.78, 5) is 15.3. The number of nitrogens with zero attached hydrogens (tertiary/aromatic N) is 5. The molecule has 0 bridgehead atoms. The first-order chi connectivity index (χ1) is 16.9. The highest BCUT2D eigenvalue weighted by Crippen LogP contribution is 2.27. The number of hydrogen-bond acceptors (Lipinski definition) is 6. The van der Waals surface area contributed by atoms with Crippen LogP contribution in [0.1, 0.15) is 32.4 Å². The van der Waals surface area contributed by atoms with Crippen LogP contribution < -0.4 is 10.1 Å². The third-order valence-corrected chi connectivity index (χ3v) is 6.70. The van der Waals surface area contributed by atoms with Crippen molar-refractivity contribution in [3.63, 3.8) is 0 Å². The van der Waals surface area contributed by atoms with Gasteiger partial charge in [0.2, 0.25) is 5.95 Å². The minimum absolute atomic E-state index is 0.0924. The summed E-state index contributed by atoms with van der Waals surface area (Å²) in [6.45, 7) is 9.37. The monoisotopic (exact) mass is 494 g/mol. The summed E-state index contributed by atoms with van der Waals surface area (Å²) in [6.07, 6.45) is 4.50. The van der Waals surface area contributed by atoms with Gasteiger partial charge in [0.05, 0.1) is 35.8 Å². The van der Waals surface area contributed by atoms with Crippen molar-refractivity contribution in [3.05, 3.63) is 71.4 Å². The van der Waals surface area contributed by atoms with E-state index in [4.69, 9.17) is 16.3 Å². The van der Waals surface area contributed by atoms with Gasteiger partial charge in [0.1, 0.15) is 11.4 Å². The van der Waals surface area contributed by atoms with Crippen molar-refractivity contribution in [2.24, 2.45) is 5.92 Å². The molecule has 182 valence electrons. The van der Waals surface area contributed by atoms with E-state index in [1.54, 1.807) is 28.9 Å². The topological polar surface area (TPSA) is 67.6 Å². The van der Waals surface area contributed by atoms with Crippen molar-refractivity contribution in [2.75, 3.05) is 25.0 Å². The Bertz CT molecular complexity index is 1320. The lowest BCUT2D eigenvalue weighted by atomic mass is 9.99. The smallest absolute Gasteiger partial charge is 0.223 e. The van der Waals surface area contributed by atoms with Gasteiger partial charge in [0.15, 0.2) is 11.5 Å². The molecule has 7 nitrogen and oxygen atoms in total. The summed E-state index contributed by atoms with van der Waals surface area (Å²) in [6, 6.07) is 12.0. The first-order valence-electron chi connectivity index (χ1n) is 11.8. The first kappa shape index (κ1) is 23.5. The minimum Gasteiger partial charge on any atom is -0.493 e. The molecule has 0 unspecified atom stereocenters. The van der Waals surface area contributed by atoms with Crippen LogP contribution in [0.25, 0.3) is 17.0 Å². The van der Waals surface area contributed by atoms with Crippen LogP contribution in [0, 0.1) is 11.7 Å². The number of hydrogen-bond donors (Lipinski definition) is 1. The fourth-order valence-electron chi connectivity index (χ4n) is 4.25. The van der Waals surface area contributed by atoms with Crippen LogP contribution in [0.4, 0.5) is 10.3 Å². The largest absolute Gasteiger partial charge is 0.493 e. The van der Waals surface area contributed by atoms with E-state index in [0.29, 0.717) is 34.3 Å². The molecule has 0 saturated carbocycles. The van der Waals surface area contributed by atoms with Crippen LogP contribution >= 0.6 is 11.6 Å². The van der Waals surface area contributed by atoms with E-state index in [1.165, 1.54) is 6.20 Å². The number of aromatic nitrogens is 4. The molecule has 1 aliphatic heterocycles. The predicted molar refractivity (Wildman–Crippen MR) is 135 cm³/mol. The van der Waals surface area contributed by atoms with Gasteiger partial charge in [0.25, 0.3) is 0 Å². The molecule has 0 radical (unpaired) electrons. The Morgan fingerprint density at radius 1 is 1.11 bits per heavy atom. The molecule has 1 aromatic carbocycles. The highest BCUT2D eigenvalue weighted by molar-refractivity contribution is 6.33. The molecule has 35 heavy (non-hydrogen) atoms. The molecule has 1 N–H and O–H groups in total. The molecule has 1 aliphatic rings. The second-order valence-corrected chi connectivity index (χ2v) is 9.65. The Kier molecular flexibility index (Phi) is 6.58. The maximum absolute atomic E-state index is 14.6. The number of ether oxygens (including phenoxy) is 1. The second kappa shape index (κ2) is 9.79. The van der Waals surface area contributed by atoms with Gasteiger partial charge in [-0.15, -0.1) is 0 Å². The van der Waals surface area contributed by atoms with Gasteiger partial charge >= 0.3 is 0 Å². The van der Waals surface area contributed by atoms with Crippen LogP contribution in [0.2, 0.25) is 5.02 Å². The van der Waals surface area contributed by atoms with Crippen molar-refractivity contribution in [1.29, 1.82) is 0 Å². The van der Waals surface area contributed by atoms with Crippen molar-refractivity contribution in [3.8, 4) is 17.1 Å². The maximum Gasteiger partial charge on any atom is 0.223 e. The van der Waals surface area contributed by atoms with Gasteiger partial charge in [-0.1, -0.05) is 23.7 Å². The highest BCUT2D eigenvalue weighted by atomic mass is 35.5. The quantitative estimate of drug-likeness (QED) is 0.350. The van der Waals surface area contributed by atoms with Gasteiger partial charge in [-0.2, -0.15) is 0 Å². The maximum atomic E-state index is 14.6. The zero-order chi connectivity index (χ0) is 24.5. The zero-order valence-corrected chi connectivity index (χ0v) is 20.7. The molecule has 4 aromatic rings. The SMILES string of the molecule is CC(C)N1CC(COc2ccc([C@H](C)Nc3ncc(F)c(-c4cnc5c(Cl)cccn45)n3)cc2)C1. The Balaban J connectivity index is 1.24. The second-order valence-electron chi connectivity index (χ2n) is 9.24. The molecular formula is C26H28ClFN6O. The Hall–Kier alpha value is -3.23. The first-order valence-corrected chi connectivity index (χ1v) is 12.1. The minimum atomic E-state index is -0.533. The summed E-state index contributed by atoms with van der Waals surface area (Å²) < 4.78 is 22.3. The van der Waals surface area contributed by atoms with Gasteiger partial charge in [-0.25, -0.2) is 19.3 Å². The molecule has 0 amide bonds. The number of benzene rings is 1. The average molecular weight is 495 g/mol. The fraction of sp³-hybridized carbons (Fsp3) is 0.346. The highest BCUT2D eigenvalue weighted by Gasteiger charge is 2.28. The summed E-state index contributed by atoms with van der Waals surface area (Å²) in [5.74, 6) is 1.24. The Morgan fingerprint density at radius 2 is 1.89 bits per heavy atom. The van der Waals surface area contributed by atoms with Crippen LogP contribution in [-0.2, 0) is 0 Å². The van der Waals surface area contributed by atoms with Gasteiger partial charge in [-0.3, -0.25) is 4.40 Å². The van der Waals surface area contributed by atoms with E-state index >= 15 is 0 Å². The zero-order valence-electron chi connectivity index (χ0n) is 19.9. The van der Waals surface area contributed by atoms with E-state index in [2.05, 4.69) is 39.0 Å². The molecule has 1 fully saturated rings. The molecule has 0 aliphatic carbocycles. The van der Waals surface area contributed by atoms with E-state index in [0.717, 1.165) is 31.0 Å². The normalized spacial score (nSPS) is 15.4. The number of likely N-dealkylation sites (tertiary alicyclic amines) is 1. The van der Waals surface area contributed by atoms with Crippen molar-refractivity contribution in [2.45, 2.75) is 32.9 Å². The molecule has 5 rings (SSSR count). The van der Waals surface area contributed by atoms with Crippen LogP contribution in [0.15, 0.2) is 55.0 Å². The van der Waals surface area contributed by atoms with Crippen LogP contribution in [-0.4, -0.2) is 50.0 Å². The van der Waals surface area contributed by atoms with Crippen molar-refractivity contribution >= 4 is 23.2 Å². The van der Waals surface area contributed by atoms with E-state index in [1.807, 2.05) is 31.2 Å². The molecule has 3 aromatic heterocycles. The van der Waals surface area contributed by atoms with E-state index in [9.17, 15) is 4.39 Å². The molecule has 1 atom stereocenters. The molecule has 4 heterocycles. The summed E-state index contributed by atoms with van der Waals surface area (Å²) in [5.41, 5.74) is 2.24. The lowest BCUT2D eigenvalue weighted by Gasteiger charge is -2.41. The number of fused-ring (bicyclic) bond motifs is 1. The molecule has 1 saturated heterocycles. The number of pyridine rings is 1. The fourth-order valence-corrected chi connectivity index (χ4v) is 4.46. The number of halogens is 2. The van der Waals surface area contributed by atoms with Crippen LogP contribution in [0.5, 0.6) is 5.75 Å². The van der Waals surface area contributed by atoms with E-state index < -0.39 is 5.82 Å². The van der Waals surface area contributed by atoms with Crippen molar-refractivity contribution < 1.29 is 9.13 Å². The molecule has 0 spiro atoms. The summed E-state index contributed by atoms with van der Waals surface area (Å²) in [5, 5.41) is 3.74. The summed E-state index contributed by atoms with van der Waals surface area (Å²) in [7, 11) is 0. The number of rotatable bonds is 8. The van der Waals surface area contributed by atoms with Crippen LogP contribution in [0.3, 0.4) is 0 Å².